The number of ether oxygens (including phenoxy) is 1. The van der Waals surface area contributed by atoms with Crippen molar-refractivity contribution in [1.82, 2.24) is 14.9 Å². The van der Waals surface area contributed by atoms with Gasteiger partial charge in [0.05, 0.1) is 42.4 Å². The molecule has 43 heavy (non-hydrogen) atoms. The fourth-order valence-corrected chi connectivity index (χ4v) is 5.46. The first-order valence-corrected chi connectivity index (χ1v) is 14.4. The van der Waals surface area contributed by atoms with Crippen LogP contribution in [0, 0.1) is 0 Å². The quantitative estimate of drug-likeness (QED) is 0.275. The van der Waals surface area contributed by atoms with Crippen molar-refractivity contribution in [2.75, 3.05) is 67.0 Å². The molecule has 1 atom stereocenters. The van der Waals surface area contributed by atoms with E-state index in [0.717, 1.165) is 50.4 Å². The van der Waals surface area contributed by atoms with Crippen molar-refractivity contribution in [3.63, 3.8) is 0 Å². The fraction of sp³-hybridized carbons (Fsp3) is 0.355. The minimum Gasteiger partial charge on any atom is -0.494 e. The molecule has 226 valence electrons. The van der Waals surface area contributed by atoms with Crippen molar-refractivity contribution in [3.05, 3.63) is 72.6 Å². The van der Waals surface area contributed by atoms with E-state index in [4.69, 9.17) is 9.57 Å². The Hall–Kier alpha value is -4.68. The van der Waals surface area contributed by atoms with Crippen molar-refractivity contribution in [2.24, 2.45) is 0 Å². The Morgan fingerprint density at radius 1 is 1.14 bits per heavy atom. The Bertz CT molecular complexity index is 1470. The summed E-state index contributed by atoms with van der Waals surface area (Å²) >= 11 is 0. The third-order valence-corrected chi connectivity index (χ3v) is 7.58. The van der Waals surface area contributed by atoms with Crippen LogP contribution in [-0.2, 0) is 9.63 Å². The van der Waals surface area contributed by atoms with Gasteiger partial charge in [0.25, 0.3) is 0 Å². The third-order valence-electron chi connectivity index (χ3n) is 7.58. The van der Waals surface area contributed by atoms with E-state index in [-0.39, 0.29) is 17.5 Å². The first-order chi connectivity index (χ1) is 20.9. The van der Waals surface area contributed by atoms with Crippen LogP contribution in [0.15, 0.2) is 61.4 Å². The molecule has 2 fully saturated rings. The largest absolute Gasteiger partial charge is 0.494 e. The zero-order valence-electron chi connectivity index (χ0n) is 24.5. The molecular formula is C31H37N7O5. The summed E-state index contributed by atoms with van der Waals surface area (Å²) in [6, 6.07) is 12.1. The standard InChI is InChI=1S/C31H37N7O5/c1-4-10-36-11-13-37(14-12-36)26-18-27(42-3)24(17-23(26)35-30(39)5-2)34-28-19-29(33-20-32-28)38-25(9-15-43-38)21-7-6-8-22(16-21)31(40)41/h5-8,16-20,25H,2,4,9-15H2,1,3H3,(H,35,39)(H,40,41)(H,32,33,34)/t25-/m1/s1. The lowest BCUT2D eigenvalue weighted by molar-refractivity contribution is -0.111. The molecule has 1 amide bonds. The number of benzene rings is 2. The fourth-order valence-electron chi connectivity index (χ4n) is 5.46. The van der Waals surface area contributed by atoms with E-state index in [2.05, 4.69) is 43.9 Å². The summed E-state index contributed by atoms with van der Waals surface area (Å²) in [6.45, 7) is 10.9. The lowest BCUT2D eigenvalue weighted by Gasteiger charge is -2.37. The maximum atomic E-state index is 12.4. The number of piperazine rings is 1. The van der Waals surface area contributed by atoms with E-state index in [1.807, 2.05) is 18.2 Å². The van der Waals surface area contributed by atoms with Crippen LogP contribution in [0.3, 0.4) is 0 Å². The van der Waals surface area contributed by atoms with Gasteiger partial charge in [0.2, 0.25) is 5.91 Å². The van der Waals surface area contributed by atoms with Gasteiger partial charge in [-0.25, -0.2) is 19.8 Å². The number of anilines is 5. The van der Waals surface area contributed by atoms with Crippen molar-refractivity contribution < 1.29 is 24.3 Å². The Balaban J connectivity index is 1.41. The predicted octanol–water partition coefficient (Wildman–Crippen LogP) is 4.47. The zero-order chi connectivity index (χ0) is 30.3. The first-order valence-electron chi connectivity index (χ1n) is 14.4. The number of hydrogen-bond donors (Lipinski definition) is 3. The SMILES string of the molecule is C=CC(=O)Nc1cc(Nc2cc(N3OCC[C@@H]3c3cccc(C(=O)O)c3)ncn2)c(OC)cc1N1CCN(CCC)CC1. The van der Waals surface area contributed by atoms with Crippen molar-refractivity contribution in [2.45, 2.75) is 25.8 Å². The number of nitrogens with one attached hydrogen (secondary N) is 2. The molecule has 2 aliphatic heterocycles. The van der Waals surface area contributed by atoms with Gasteiger partial charge in [-0.2, -0.15) is 0 Å². The molecule has 12 nitrogen and oxygen atoms in total. The second-order valence-electron chi connectivity index (χ2n) is 10.4. The van der Waals surface area contributed by atoms with Gasteiger partial charge in [0.15, 0.2) is 5.82 Å². The van der Waals surface area contributed by atoms with Gasteiger partial charge in [-0.3, -0.25) is 14.5 Å². The van der Waals surface area contributed by atoms with Crippen LogP contribution in [0.4, 0.5) is 28.7 Å². The number of amides is 1. The molecule has 2 aliphatic rings. The highest BCUT2D eigenvalue weighted by atomic mass is 16.7. The summed E-state index contributed by atoms with van der Waals surface area (Å²) in [5, 5.41) is 17.4. The highest BCUT2D eigenvalue weighted by Crippen LogP contribution is 2.40. The number of carbonyl (C=O) groups is 2. The average molecular weight is 588 g/mol. The molecule has 5 rings (SSSR count). The summed E-state index contributed by atoms with van der Waals surface area (Å²) < 4.78 is 5.77. The number of rotatable bonds is 11. The molecule has 2 aromatic carbocycles. The summed E-state index contributed by atoms with van der Waals surface area (Å²) in [5.41, 5.74) is 3.14. The predicted molar refractivity (Wildman–Crippen MR) is 165 cm³/mol. The zero-order valence-corrected chi connectivity index (χ0v) is 24.5. The Morgan fingerprint density at radius 2 is 1.95 bits per heavy atom. The molecule has 0 aliphatic carbocycles. The molecule has 0 radical (unpaired) electrons. The number of carboxylic acids is 1. The minimum absolute atomic E-state index is 0.214. The lowest BCUT2D eigenvalue weighted by Crippen LogP contribution is -2.46. The Labute approximate surface area is 250 Å². The highest BCUT2D eigenvalue weighted by molar-refractivity contribution is 6.02. The van der Waals surface area contributed by atoms with E-state index >= 15 is 0 Å². The van der Waals surface area contributed by atoms with Crippen LogP contribution in [0.2, 0.25) is 0 Å². The number of carboxylic acid groups (broad SMARTS) is 1. The molecule has 3 aromatic rings. The first kappa shape index (κ1) is 29.8. The second kappa shape index (κ2) is 13.5. The third kappa shape index (κ3) is 6.87. The van der Waals surface area contributed by atoms with Crippen LogP contribution in [0.1, 0.15) is 41.7 Å². The number of methoxy groups -OCH3 is 1. The smallest absolute Gasteiger partial charge is 0.335 e. The molecule has 0 saturated carbocycles. The van der Waals surface area contributed by atoms with Crippen molar-refractivity contribution >= 4 is 40.6 Å². The van der Waals surface area contributed by atoms with Crippen LogP contribution in [0.5, 0.6) is 5.75 Å². The van der Waals surface area contributed by atoms with Gasteiger partial charge < -0.3 is 25.4 Å². The van der Waals surface area contributed by atoms with Crippen LogP contribution in [0.25, 0.3) is 0 Å². The van der Waals surface area contributed by atoms with E-state index < -0.39 is 5.97 Å². The van der Waals surface area contributed by atoms with Gasteiger partial charge in [-0.05, 0) is 42.8 Å². The van der Waals surface area contributed by atoms with Crippen molar-refractivity contribution in [3.8, 4) is 5.75 Å². The molecule has 0 spiro atoms. The molecule has 0 unspecified atom stereocenters. The van der Waals surface area contributed by atoms with Crippen LogP contribution < -0.4 is 25.3 Å². The number of nitrogens with zero attached hydrogens (tertiary/aromatic N) is 5. The number of carbonyl (C=O) groups excluding carboxylic acids is 1. The number of aromatic carboxylic acids is 1. The maximum absolute atomic E-state index is 12.4. The van der Waals surface area contributed by atoms with Gasteiger partial charge in [0.1, 0.15) is 17.9 Å². The number of hydrogen-bond acceptors (Lipinski definition) is 10. The molecule has 2 saturated heterocycles. The van der Waals surface area contributed by atoms with Crippen molar-refractivity contribution in [1.29, 1.82) is 0 Å². The summed E-state index contributed by atoms with van der Waals surface area (Å²) in [5.74, 6) is 0.294. The number of aromatic nitrogens is 2. The molecule has 1 aromatic heterocycles. The number of hydroxylamine groups is 1. The second-order valence-corrected chi connectivity index (χ2v) is 10.4. The normalized spacial score (nSPS) is 17.0. The highest BCUT2D eigenvalue weighted by Gasteiger charge is 2.30. The summed E-state index contributed by atoms with van der Waals surface area (Å²) in [4.78, 5) is 43.4. The van der Waals surface area contributed by atoms with E-state index in [9.17, 15) is 14.7 Å². The molecule has 3 N–H and O–H groups in total. The molecular weight excluding hydrogens is 550 g/mol. The van der Waals surface area contributed by atoms with Gasteiger partial charge in [-0.1, -0.05) is 25.6 Å². The van der Waals surface area contributed by atoms with Gasteiger partial charge in [-0.15, -0.1) is 0 Å². The van der Waals surface area contributed by atoms with E-state index in [1.54, 1.807) is 36.4 Å². The van der Waals surface area contributed by atoms with Crippen LogP contribution in [-0.4, -0.2) is 78.3 Å². The topological polar surface area (TPSA) is 132 Å². The Morgan fingerprint density at radius 3 is 2.67 bits per heavy atom. The average Bonchev–Trinajstić information content (AvgIpc) is 3.52. The minimum atomic E-state index is -0.983. The maximum Gasteiger partial charge on any atom is 0.335 e. The van der Waals surface area contributed by atoms with Crippen LogP contribution >= 0.6 is 0 Å². The summed E-state index contributed by atoms with van der Waals surface area (Å²) in [6.07, 6.45) is 4.46. The van der Waals surface area contributed by atoms with Gasteiger partial charge in [0, 0.05) is 44.7 Å². The van der Waals surface area contributed by atoms with Gasteiger partial charge >= 0.3 is 5.97 Å². The monoisotopic (exact) mass is 587 g/mol. The molecule has 12 heteroatoms. The molecule has 0 bridgehead atoms. The Kier molecular flexibility index (Phi) is 9.38. The summed E-state index contributed by atoms with van der Waals surface area (Å²) in [7, 11) is 1.60. The molecule has 3 heterocycles. The van der Waals surface area contributed by atoms with E-state index in [1.165, 1.54) is 12.4 Å². The van der Waals surface area contributed by atoms with E-state index in [0.29, 0.717) is 41.8 Å². The lowest BCUT2D eigenvalue weighted by atomic mass is 10.0.